The number of rotatable bonds is 4. The third kappa shape index (κ3) is 3.58. The molecule has 2 atom stereocenters. The van der Waals surface area contributed by atoms with E-state index in [0.29, 0.717) is 0 Å². The van der Waals surface area contributed by atoms with Gasteiger partial charge in [0.1, 0.15) is 0 Å². The average Bonchev–Trinajstić information content (AvgIpc) is 3.32. The van der Waals surface area contributed by atoms with Crippen molar-refractivity contribution in [2.45, 2.75) is 26.3 Å². The van der Waals surface area contributed by atoms with E-state index in [-0.39, 0.29) is 24.3 Å². The third-order valence-electron chi connectivity index (χ3n) is 5.13. The molecule has 0 bridgehead atoms. The fourth-order valence-electron chi connectivity index (χ4n) is 3.64. The first kappa shape index (κ1) is 18.4. The lowest BCUT2D eigenvalue weighted by molar-refractivity contribution is -0.122. The number of hydrogen-bond acceptors (Lipinski definition) is 3. The van der Waals surface area contributed by atoms with Gasteiger partial charge < -0.3 is 10.2 Å². The zero-order valence-corrected chi connectivity index (χ0v) is 16.7. The highest BCUT2D eigenvalue weighted by Gasteiger charge is 2.45. The lowest BCUT2D eigenvalue weighted by atomic mass is 9.97. The van der Waals surface area contributed by atoms with Gasteiger partial charge >= 0.3 is 0 Å². The number of carbonyl (C=O) groups excluding carboxylic acids is 2. The molecule has 2 heterocycles. The molecule has 1 aliphatic rings. The molecule has 1 fully saturated rings. The van der Waals surface area contributed by atoms with Crippen LogP contribution in [0.2, 0.25) is 0 Å². The molecular weight excluding hydrogens is 368 g/mol. The van der Waals surface area contributed by atoms with Crippen LogP contribution < -0.4 is 10.2 Å². The van der Waals surface area contributed by atoms with Crippen LogP contribution in [0.3, 0.4) is 0 Å². The van der Waals surface area contributed by atoms with Crippen LogP contribution in [0, 0.1) is 19.8 Å². The summed E-state index contributed by atoms with van der Waals surface area (Å²) in [5.74, 6) is -0.578. The van der Waals surface area contributed by atoms with E-state index < -0.39 is 5.92 Å². The van der Waals surface area contributed by atoms with Crippen LogP contribution in [-0.4, -0.2) is 11.8 Å². The summed E-state index contributed by atoms with van der Waals surface area (Å²) in [5, 5.41) is 4.98. The highest BCUT2D eigenvalue weighted by Crippen LogP contribution is 2.43. The number of amides is 2. The summed E-state index contributed by atoms with van der Waals surface area (Å²) >= 11 is 1.58. The summed E-state index contributed by atoms with van der Waals surface area (Å²) in [6, 6.07) is 19.3. The lowest BCUT2D eigenvalue weighted by Gasteiger charge is -2.27. The first-order chi connectivity index (χ1) is 13.5. The largest absolute Gasteiger partial charge is 0.326 e. The van der Waals surface area contributed by atoms with E-state index in [4.69, 9.17) is 0 Å². The van der Waals surface area contributed by atoms with Gasteiger partial charge in [-0.2, -0.15) is 0 Å². The molecule has 4 nitrogen and oxygen atoms in total. The monoisotopic (exact) mass is 390 g/mol. The summed E-state index contributed by atoms with van der Waals surface area (Å²) in [5.41, 5.74) is 3.86. The fraction of sp³-hybridized carbons (Fsp3) is 0.217. The maximum atomic E-state index is 13.1. The molecule has 0 radical (unpaired) electrons. The number of nitrogens with one attached hydrogen (secondary N) is 1. The molecule has 0 saturated carbocycles. The van der Waals surface area contributed by atoms with Crippen molar-refractivity contribution in [2.24, 2.45) is 5.92 Å². The third-order valence-corrected chi connectivity index (χ3v) is 6.07. The molecule has 1 N–H and O–H groups in total. The Labute approximate surface area is 168 Å². The van der Waals surface area contributed by atoms with Crippen molar-refractivity contribution in [3.63, 3.8) is 0 Å². The zero-order chi connectivity index (χ0) is 19.7. The molecule has 1 saturated heterocycles. The second kappa shape index (κ2) is 7.60. The Morgan fingerprint density at radius 3 is 2.25 bits per heavy atom. The topological polar surface area (TPSA) is 49.4 Å². The molecule has 0 spiro atoms. The summed E-state index contributed by atoms with van der Waals surface area (Å²) < 4.78 is 0. The van der Waals surface area contributed by atoms with Crippen molar-refractivity contribution in [3.05, 3.63) is 82.0 Å². The Kier molecular flexibility index (Phi) is 5.01. The molecule has 1 aliphatic heterocycles. The second-order valence-electron chi connectivity index (χ2n) is 7.23. The molecule has 3 aromatic rings. The van der Waals surface area contributed by atoms with E-state index in [1.54, 1.807) is 16.2 Å². The Morgan fingerprint density at radius 1 is 1.00 bits per heavy atom. The van der Waals surface area contributed by atoms with E-state index in [1.807, 2.05) is 79.9 Å². The number of carbonyl (C=O) groups is 2. The van der Waals surface area contributed by atoms with E-state index in [0.717, 1.165) is 27.4 Å². The Hall–Kier alpha value is -2.92. The van der Waals surface area contributed by atoms with Gasteiger partial charge in [-0.15, -0.1) is 11.3 Å². The molecule has 0 unspecified atom stereocenters. The van der Waals surface area contributed by atoms with E-state index >= 15 is 0 Å². The highest BCUT2D eigenvalue weighted by atomic mass is 32.1. The van der Waals surface area contributed by atoms with Gasteiger partial charge in [0, 0.05) is 22.7 Å². The number of benzene rings is 2. The van der Waals surface area contributed by atoms with Crippen molar-refractivity contribution in [1.82, 2.24) is 0 Å². The maximum Gasteiger partial charge on any atom is 0.230 e. The van der Waals surface area contributed by atoms with E-state index in [1.165, 1.54) is 0 Å². The highest BCUT2D eigenvalue weighted by molar-refractivity contribution is 7.10. The number of hydrogen-bond donors (Lipinski definition) is 1. The van der Waals surface area contributed by atoms with Crippen molar-refractivity contribution < 1.29 is 9.59 Å². The minimum Gasteiger partial charge on any atom is -0.326 e. The van der Waals surface area contributed by atoms with Crippen LogP contribution in [0.5, 0.6) is 0 Å². The van der Waals surface area contributed by atoms with Crippen LogP contribution in [0.25, 0.3) is 0 Å². The number of thiophene rings is 1. The molecule has 28 heavy (non-hydrogen) atoms. The average molecular weight is 391 g/mol. The molecule has 0 aliphatic carbocycles. The van der Waals surface area contributed by atoms with Gasteiger partial charge in [0.25, 0.3) is 0 Å². The first-order valence-electron chi connectivity index (χ1n) is 9.32. The predicted octanol–water partition coefficient (Wildman–Crippen LogP) is 5.10. The number of aryl methyl sites for hydroxylation is 2. The van der Waals surface area contributed by atoms with Gasteiger partial charge in [-0.25, -0.2) is 0 Å². The van der Waals surface area contributed by atoms with Crippen LogP contribution >= 0.6 is 11.3 Å². The van der Waals surface area contributed by atoms with Gasteiger partial charge in [0.2, 0.25) is 11.8 Å². The van der Waals surface area contributed by atoms with Gasteiger partial charge in [0.05, 0.1) is 12.0 Å². The summed E-state index contributed by atoms with van der Waals surface area (Å²) in [4.78, 5) is 28.8. The Bertz CT molecular complexity index is 978. The van der Waals surface area contributed by atoms with Crippen molar-refractivity contribution in [3.8, 4) is 0 Å². The molecule has 4 rings (SSSR count). The molecular formula is C23H22N2O2S. The van der Waals surface area contributed by atoms with Gasteiger partial charge in [0.15, 0.2) is 0 Å². The summed E-state index contributed by atoms with van der Waals surface area (Å²) in [6.45, 7) is 4.03. The molecule has 2 amide bonds. The quantitative estimate of drug-likeness (QED) is 0.674. The first-order valence-corrected chi connectivity index (χ1v) is 10.2. The van der Waals surface area contributed by atoms with Gasteiger partial charge in [-0.3, -0.25) is 9.59 Å². The predicted molar refractivity (Wildman–Crippen MR) is 114 cm³/mol. The van der Waals surface area contributed by atoms with Crippen molar-refractivity contribution >= 4 is 34.5 Å². The van der Waals surface area contributed by atoms with Gasteiger partial charge in [-0.1, -0.05) is 41.5 Å². The van der Waals surface area contributed by atoms with Crippen LogP contribution in [0.1, 0.15) is 28.5 Å². The lowest BCUT2D eigenvalue weighted by Crippen LogP contribution is -2.31. The summed E-state index contributed by atoms with van der Waals surface area (Å²) in [6.07, 6.45) is 0.203. The molecule has 2 aromatic carbocycles. The van der Waals surface area contributed by atoms with Crippen molar-refractivity contribution in [1.29, 1.82) is 0 Å². The van der Waals surface area contributed by atoms with E-state index in [2.05, 4.69) is 5.32 Å². The second-order valence-corrected chi connectivity index (χ2v) is 8.20. The van der Waals surface area contributed by atoms with Crippen LogP contribution in [-0.2, 0) is 9.59 Å². The number of nitrogens with zero attached hydrogens (tertiary/aromatic N) is 1. The normalized spacial score (nSPS) is 19.1. The van der Waals surface area contributed by atoms with E-state index in [9.17, 15) is 9.59 Å². The SMILES string of the molecule is Cc1ccc(NC(=O)[C@@H]2CC(=O)N(c3ccc(C)cc3)[C@@H]2c2cccs2)cc1. The fourth-order valence-corrected chi connectivity index (χ4v) is 4.52. The Morgan fingerprint density at radius 2 is 1.64 bits per heavy atom. The minimum atomic E-state index is -0.436. The minimum absolute atomic E-state index is 0.0219. The van der Waals surface area contributed by atoms with Crippen LogP contribution in [0.15, 0.2) is 66.0 Å². The van der Waals surface area contributed by atoms with Crippen molar-refractivity contribution in [2.75, 3.05) is 10.2 Å². The molecule has 142 valence electrons. The molecule has 5 heteroatoms. The van der Waals surface area contributed by atoms with Crippen LogP contribution in [0.4, 0.5) is 11.4 Å². The number of anilines is 2. The Balaban J connectivity index is 1.66. The zero-order valence-electron chi connectivity index (χ0n) is 15.9. The van der Waals surface area contributed by atoms with Gasteiger partial charge in [-0.05, 0) is 49.6 Å². The molecule has 1 aromatic heterocycles. The smallest absolute Gasteiger partial charge is 0.230 e. The maximum absolute atomic E-state index is 13.1. The summed E-state index contributed by atoms with van der Waals surface area (Å²) in [7, 11) is 0. The standard InChI is InChI=1S/C23H22N2O2S/c1-15-5-9-17(10-6-15)24-23(27)19-14-21(26)25(18-11-7-16(2)8-12-18)22(19)20-4-3-13-28-20/h3-13,19,22H,14H2,1-2H3,(H,24,27)/t19-,22+/m1/s1.